The summed E-state index contributed by atoms with van der Waals surface area (Å²) in [5.74, 6) is -0.721. The highest BCUT2D eigenvalue weighted by molar-refractivity contribution is 5.97. The Bertz CT molecular complexity index is 1130. The van der Waals surface area contributed by atoms with Gasteiger partial charge < -0.3 is 25.0 Å². The van der Waals surface area contributed by atoms with Crippen molar-refractivity contribution in [3.63, 3.8) is 0 Å². The second-order valence-electron chi connectivity index (χ2n) is 12.3. The Hall–Kier alpha value is -1.73. The first-order valence-corrected chi connectivity index (χ1v) is 12.4. The van der Waals surface area contributed by atoms with Crippen LogP contribution in [0.25, 0.3) is 0 Å². The van der Waals surface area contributed by atoms with Crippen LogP contribution in [-0.2, 0) is 14.3 Å². The normalized spacial score (nSPS) is 52.7. The average molecular weight is 452 g/mol. The number of nitrogens with one attached hydrogen (secondary N) is 1. The predicted molar refractivity (Wildman–Crippen MR) is 122 cm³/mol. The van der Waals surface area contributed by atoms with Gasteiger partial charge in [-0.2, -0.15) is 0 Å². The summed E-state index contributed by atoms with van der Waals surface area (Å²) in [6.45, 7) is 8.16. The molecule has 9 atom stereocenters. The van der Waals surface area contributed by atoms with Crippen LogP contribution in [-0.4, -0.2) is 51.2 Å². The number of carbonyl (C=O) groups excluding carboxylic acids is 1. The largest absolute Gasteiger partial charge is 0.390 e. The molecule has 6 aliphatic rings. The number of para-hydroxylation sites is 1. The number of anilines is 1. The number of carbonyl (C=O) groups is 1. The molecule has 2 bridgehead atoms. The van der Waals surface area contributed by atoms with Gasteiger partial charge in [-0.25, -0.2) is 0 Å². The molecule has 3 saturated carbocycles. The molecule has 3 unspecified atom stereocenters. The lowest BCUT2D eigenvalue weighted by Gasteiger charge is -2.68. The molecule has 33 heavy (non-hydrogen) atoms. The fourth-order valence-electron chi connectivity index (χ4n) is 9.07. The maximum absolute atomic E-state index is 13.1. The van der Waals surface area contributed by atoms with Crippen molar-refractivity contribution in [2.45, 2.75) is 94.5 Å². The lowest BCUT2D eigenvalue weighted by molar-refractivity contribution is -0.287. The van der Waals surface area contributed by atoms with Gasteiger partial charge in [0.2, 0.25) is 0 Å². The molecule has 1 saturated heterocycles. The minimum absolute atomic E-state index is 0.160. The smallest absolute Gasteiger partial charge is 0.195 e. The fraction of sp³-hybridized carbons (Fsp3) is 0.667. The molecule has 4 fully saturated rings. The number of hydrogen-bond donors (Lipinski definition) is 3. The van der Waals surface area contributed by atoms with E-state index in [1.165, 1.54) is 11.3 Å². The Kier molecular flexibility index (Phi) is 3.58. The van der Waals surface area contributed by atoms with Crippen LogP contribution in [0.4, 0.5) is 5.69 Å². The molecule has 3 aliphatic carbocycles. The van der Waals surface area contributed by atoms with Crippen molar-refractivity contribution in [3.05, 3.63) is 41.5 Å². The number of fused-ring (bicyclic) bond motifs is 9. The van der Waals surface area contributed by atoms with E-state index in [-0.39, 0.29) is 23.2 Å². The minimum Gasteiger partial charge on any atom is -0.390 e. The van der Waals surface area contributed by atoms with Crippen LogP contribution in [0.3, 0.4) is 0 Å². The highest BCUT2D eigenvalue weighted by atomic mass is 16.8. The summed E-state index contributed by atoms with van der Waals surface area (Å²) in [6.07, 6.45) is 2.56. The first-order valence-electron chi connectivity index (χ1n) is 12.4. The van der Waals surface area contributed by atoms with E-state index in [4.69, 9.17) is 9.47 Å². The van der Waals surface area contributed by atoms with Crippen molar-refractivity contribution in [2.75, 3.05) is 5.32 Å². The van der Waals surface area contributed by atoms with Crippen LogP contribution in [0.5, 0.6) is 0 Å². The summed E-state index contributed by atoms with van der Waals surface area (Å²) < 4.78 is 12.7. The first kappa shape index (κ1) is 20.6. The van der Waals surface area contributed by atoms with Gasteiger partial charge in [-0.05, 0) is 62.1 Å². The standard InChI is InChI=1S/C27H33NO5/c1-23(2)22-18(29)13-19-26(32-22,33-23)10-9-24(3)25(4)14(12-20(30)27(19,24)31)11-16-15-7-5-6-8-17(15)28-21(16)25/h5-8,13-14,16,20-22,28,30-31H,9-12H2,1-4H3/t14-,16?,20+,21?,22?,24-,25-,26+,27+/m1/s1. The summed E-state index contributed by atoms with van der Waals surface area (Å²) in [5, 5.41) is 28.0. The van der Waals surface area contributed by atoms with Crippen molar-refractivity contribution in [3.8, 4) is 0 Å². The van der Waals surface area contributed by atoms with Gasteiger partial charge in [0.1, 0.15) is 11.2 Å². The molecule has 7 rings (SSSR count). The molecule has 176 valence electrons. The van der Waals surface area contributed by atoms with Crippen LogP contribution in [0.15, 0.2) is 35.9 Å². The maximum Gasteiger partial charge on any atom is 0.195 e. The molecule has 0 radical (unpaired) electrons. The molecular formula is C27H33NO5. The van der Waals surface area contributed by atoms with Crippen molar-refractivity contribution in [1.29, 1.82) is 0 Å². The topological polar surface area (TPSA) is 88.0 Å². The average Bonchev–Trinajstić information content (AvgIpc) is 3.34. The molecule has 3 heterocycles. The number of ketones is 1. The van der Waals surface area contributed by atoms with Crippen molar-refractivity contribution in [1.82, 2.24) is 0 Å². The lowest BCUT2D eigenvalue weighted by atomic mass is 9.41. The van der Waals surface area contributed by atoms with Gasteiger partial charge in [0.15, 0.2) is 17.7 Å². The monoisotopic (exact) mass is 451 g/mol. The summed E-state index contributed by atoms with van der Waals surface area (Å²) in [5.41, 5.74) is -0.395. The van der Waals surface area contributed by atoms with E-state index in [1.807, 2.05) is 13.8 Å². The molecular weight excluding hydrogens is 418 g/mol. The molecule has 1 aromatic carbocycles. The van der Waals surface area contributed by atoms with Gasteiger partial charge in [-0.1, -0.05) is 32.0 Å². The second-order valence-corrected chi connectivity index (χ2v) is 12.3. The van der Waals surface area contributed by atoms with Crippen molar-refractivity contribution < 1.29 is 24.5 Å². The van der Waals surface area contributed by atoms with E-state index in [0.717, 1.165) is 6.42 Å². The predicted octanol–water partition coefficient (Wildman–Crippen LogP) is 3.29. The number of rotatable bonds is 0. The summed E-state index contributed by atoms with van der Waals surface area (Å²) in [6, 6.07) is 8.66. The zero-order valence-corrected chi connectivity index (χ0v) is 19.7. The number of ether oxygens (including phenoxy) is 2. The molecule has 1 spiro atoms. The SMILES string of the molecule is CC1(C)O[C@@]23CC[C@]4(C)[C@@]5(C)C6Nc7ccccc7C6C[C@@H]5C[C@H](O)[C@@]4(O)C2=CC(=O)C1O3. The highest BCUT2D eigenvalue weighted by Crippen LogP contribution is 2.75. The zero-order valence-electron chi connectivity index (χ0n) is 19.7. The van der Waals surface area contributed by atoms with Crippen LogP contribution >= 0.6 is 0 Å². The molecule has 0 aromatic heterocycles. The van der Waals surface area contributed by atoms with Gasteiger partial charge in [-0.3, -0.25) is 4.79 Å². The molecule has 3 N–H and O–H groups in total. The van der Waals surface area contributed by atoms with Gasteiger partial charge in [-0.15, -0.1) is 0 Å². The first-order chi connectivity index (χ1) is 15.5. The third kappa shape index (κ3) is 2.03. The number of hydrogen-bond acceptors (Lipinski definition) is 6. The van der Waals surface area contributed by atoms with Crippen LogP contribution < -0.4 is 5.32 Å². The minimum atomic E-state index is -1.61. The summed E-state index contributed by atoms with van der Waals surface area (Å²) >= 11 is 0. The number of aliphatic hydroxyl groups is 2. The molecule has 1 aromatic rings. The molecule has 6 nitrogen and oxygen atoms in total. The summed E-state index contributed by atoms with van der Waals surface area (Å²) in [4.78, 5) is 13.1. The Morgan fingerprint density at radius 2 is 1.85 bits per heavy atom. The lowest BCUT2D eigenvalue weighted by Crippen LogP contribution is -2.74. The number of benzene rings is 1. The Morgan fingerprint density at radius 1 is 1.09 bits per heavy atom. The van der Waals surface area contributed by atoms with E-state index in [2.05, 4.69) is 43.4 Å². The van der Waals surface area contributed by atoms with Crippen LogP contribution in [0, 0.1) is 16.7 Å². The van der Waals surface area contributed by atoms with Gasteiger partial charge in [0.25, 0.3) is 0 Å². The van der Waals surface area contributed by atoms with E-state index in [9.17, 15) is 15.0 Å². The van der Waals surface area contributed by atoms with E-state index in [0.29, 0.717) is 30.8 Å². The molecule has 0 amide bonds. The Labute approximate surface area is 194 Å². The number of aliphatic hydroxyl groups excluding tert-OH is 1. The molecule has 3 aliphatic heterocycles. The van der Waals surface area contributed by atoms with Gasteiger partial charge in [0.05, 0.1) is 6.10 Å². The van der Waals surface area contributed by atoms with Crippen LogP contribution in [0.2, 0.25) is 0 Å². The van der Waals surface area contributed by atoms with Gasteiger partial charge in [0, 0.05) is 35.1 Å². The van der Waals surface area contributed by atoms with E-state index in [1.54, 1.807) is 6.08 Å². The highest BCUT2D eigenvalue weighted by Gasteiger charge is 2.79. The van der Waals surface area contributed by atoms with E-state index >= 15 is 0 Å². The van der Waals surface area contributed by atoms with Crippen molar-refractivity contribution >= 4 is 11.5 Å². The third-order valence-electron chi connectivity index (χ3n) is 10.8. The fourth-order valence-corrected chi connectivity index (χ4v) is 9.07. The quantitative estimate of drug-likeness (QED) is 0.561. The van der Waals surface area contributed by atoms with Crippen molar-refractivity contribution in [2.24, 2.45) is 16.7 Å². The van der Waals surface area contributed by atoms with E-state index < -0.39 is 34.6 Å². The maximum atomic E-state index is 13.1. The second kappa shape index (κ2) is 5.73. The third-order valence-corrected chi connectivity index (χ3v) is 10.8. The van der Waals surface area contributed by atoms with Gasteiger partial charge >= 0.3 is 0 Å². The summed E-state index contributed by atoms with van der Waals surface area (Å²) in [7, 11) is 0. The Balaban J connectivity index is 1.39. The van der Waals surface area contributed by atoms with Crippen LogP contribution in [0.1, 0.15) is 64.9 Å². The Morgan fingerprint density at radius 3 is 2.64 bits per heavy atom. The zero-order chi connectivity index (χ0) is 23.2. The molecule has 6 heteroatoms.